The molecular formula is C23H23N3O4. The van der Waals surface area contributed by atoms with Gasteiger partial charge in [0.1, 0.15) is 0 Å². The molecule has 2 aromatic carbocycles. The minimum atomic E-state index is -0.588. The maximum atomic E-state index is 12.9. The number of nitrogens with zero attached hydrogens (tertiary/aromatic N) is 3. The molecule has 7 heteroatoms. The average Bonchev–Trinajstić information content (AvgIpc) is 3.33. The molecule has 0 radical (unpaired) electrons. The van der Waals surface area contributed by atoms with Crippen LogP contribution in [0.4, 0.5) is 5.69 Å². The molecule has 2 heterocycles. The Balaban J connectivity index is 1.56. The summed E-state index contributed by atoms with van der Waals surface area (Å²) in [6, 6.07) is 17.3. The fourth-order valence-corrected chi connectivity index (χ4v) is 3.67. The first kappa shape index (κ1) is 19.7. The summed E-state index contributed by atoms with van der Waals surface area (Å²) in [6.45, 7) is 3.75. The van der Waals surface area contributed by atoms with Gasteiger partial charge in [-0.1, -0.05) is 36.4 Å². The summed E-state index contributed by atoms with van der Waals surface area (Å²) in [5.41, 5.74) is 2.86. The summed E-state index contributed by atoms with van der Waals surface area (Å²) >= 11 is 0. The van der Waals surface area contributed by atoms with Crippen molar-refractivity contribution in [1.29, 1.82) is 0 Å². The van der Waals surface area contributed by atoms with Crippen LogP contribution in [0.1, 0.15) is 29.9 Å². The maximum Gasteiger partial charge on any atom is 0.362 e. The number of hydrogen-bond donors (Lipinski definition) is 0. The molecule has 1 aromatic heterocycles. The number of hydrogen-bond acceptors (Lipinski definition) is 5. The highest BCUT2D eigenvalue weighted by molar-refractivity contribution is 5.97. The van der Waals surface area contributed by atoms with Gasteiger partial charge in [0.15, 0.2) is 12.4 Å². The maximum absolute atomic E-state index is 12.9. The second-order valence-corrected chi connectivity index (χ2v) is 7.08. The van der Waals surface area contributed by atoms with Crippen molar-refractivity contribution in [2.45, 2.75) is 26.3 Å². The average molecular weight is 405 g/mol. The molecule has 7 nitrogen and oxygen atoms in total. The molecular weight excluding hydrogens is 382 g/mol. The van der Waals surface area contributed by atoms with Gasteiger partial charge in [0, 0.05) is 11.7 Å². The SMILES string of the molecule is CCOC(=O)c1nn(-c2ccccc2)cc1OCC(=O)N1c2ccccc2CC1C. The van der Waals surface area contributed by atoms with Gasteiger partial charge < -0.3 is 14.4 Å². The number of amides is 1. The minimum Gasteiger partial charge on any atom is -0.479 e. The topological polar surface area (TPSA) is 73.7 Å². The van der Waals surface area contributed by atoms with Crippen molar-refractivity contribution < 1.29 is 19.1 Å². The van der Waals surface area contributed by atoms with E-state index in [2.05, 4.69) is 5.10 Å². The van der Waals surface area contributed by atoms with Crippen LogP contribution >= 0.6 is 0 Å². The Bertz CT molecular complexity index is 1060. The zero-order valence-corrected chi connectivity index (χ0v) is 16.9. The predicted molar refractivity (Wildman–Crippen MR) is 112 cm³/mol. The molecule has 0 aliphatic carbocycles. The highest BCUT2D eigenvalue weighted by Gasteiger charge is 2.31. The quantitative estimate of drug-likeness (QED) is 0.588. The number of carbonyl (C=O) groups excluding carboxylic acids is 2. The Morgan fingerprint density at radius 2 is 1.83 bits per heavy atom. The Morgan fingerprint density at radius 3 is 2.60 bits per heavy atom. The minimum absolute atomic E-state index is 0.0448. The van der Waals surface area contributed by atoms with E-state index >= 15 is 0 Å². The third-order valence-electron chi connectivity index (χ3n) is 5.00. The Morgan fingerprint density at radius 1 is 1.10 bits per heavy atom. The van der Waals surface area contributed by atoms with Gasteiger partial charge in [-0.3, -0.25) is 4.79 Å². The van der Waals surface area contributed by atoms with Crippen LogP contribution in [-0.4, -0.2) is 40.9 Å². The largest absolute Gasteiger partial charge is 0.479 e. The lowest BCUT2D eigenvalue weighted by Gasteiger charge is -2.22. The van der Waals surface area contributed by atoms with Crippen LogP contribution < -0.4 is 9.64 Å². The van der Waals surface area contributed by atoms with Crippen LogP contribution in [0.15, 0.2) is 60.8 Å². The molecule has 0 saturated heterocycles. The molecule has 154 valence electrons. The Labute approximate surface area is 174 Å². The van der Waals surface area contributed by atoms with Gasteiger partial charge in [0.05, 0.1) is 18.5 Å². The van der Waals surface area contributed by atoms with E-state index in [0.717, 1.165) is 23.4 Å². The van der Waals surface area contributed by atoms with Crippen LogP contribution in [0.3, 0.4) is 0 Å². The molecule has 0 spiro atoms. The van der Waals surface area contributed by atoms with Crippen molar-refractivity contribution in [3.05, 3.63) is 72.1 Å². The van der Waals surface area contributed by atoms with Crippen LogP contribution in [0.5, 0.6) is 5.75 Å². The molecule has 0 saturated carbocycles. The molecule has 3 aromatic rings. The number of esters is 1. The number of fused-ring (bicyclic) bond motifs is 1. The van der Waals surface area contributed by atoms with Crippen molar-refractivity contribution in [1.82, 2.24) is 9.78 Å². The number of para-hydroxylation sites is 2. The molecule has 0 bridgehead atoms. The molecule has 1 unspecified atom stereocenters. The van der Waals surface area contributed by atoms with E-state index in [1.54, 1.807) is 22.7 Å². The molecule has 4 rings (SSSR count). The summed E-state index contributed by atoms with van der Waals surface area (Å²) in [4.78, 5) is 27.0. The monoisotopic (exact) mass is 405 g/mol. The smallest absolute Gasteiger partial charge is 0.362 e. The lowest BCUT2D eigenvalue weighted by Crippen LogP contribution is -2.39. The van der Waals surface area contributed by atoms with E-state index in [1.807, 2.05) is 61.5 Å². The standard InChI is InChI=1S/C23H23N3O4/c1-3-29-23(28)22-20(14-25(24-22)18-10-5-4-6-11-18)30-15-21(27)26-16(2)13-17-9-7-8-12-19(17)26/h4-12,14,16H,3,13,15H2,1-2H3. The summed E-state index contributed by atoms with van der Waals surface area (Å²) < 4.78 is 12.4. The van der Waals surface area contributed by atoms with Crippen molar-refractivity contribution in [3.8, 4) is 11.4 Å². The molecule has 1 aliphatic heterocycles. The number of carbonyl (C=O) groups is 2. The number of anilines is 1. The summed E-state index contributed by atoms with van der Waals surface area (Å²) in [7, 11) is 0. The second-order valence-electron chi connectivity index (χ2n) is 7.08. The third-order valence-corrected chi connectivity index (χ3v) is 5.00. The van der Waals surface area contributed by atoms with Crippen molar-refractivity contribution in [2.24, 2.45) is 0 Å². The van der Waals surface area contributed by atoms with Gasteiger partial charge in [0.25, 0.3) is 5.91 Å². The third kappa shape index (κ3) is 3.78. The van der Waals surface area contributed by atoms with Crippen LogP contribution in [0.2, 0.25) is 0 Å². The van der Waals surface area contributed by atoms with Gasteiger partial charge in [0.2, 0.25) is 5.69 Å². The van der Waals surface area contributed by atoms with Crippen molar-refractivity contribution in [3.63, 3.8) is 0 Å². The second kappa shape index (κ2) is 8.41. The lowest BCUT2D eigenvalue weighted by molar-refractivity contribution is -0.120. The first-order valence-electron chi connectivity index (χ1n) is 9.93. The van der Waals surface area contributed by atoms with E-state index in [1.165, 1.54) is 0 Å². The Kier molecular flexibility index (Phi) is 5.52. The van der Waals surface area contributed by atoms with Crippen molar-refractivity contribution >= 4 is 17.6 Å². The fourth-order valence-electron chi connectivity index (χ4n) is 3.67. The van der Waals surface area contributed by atoms with E-state index < -0.39 is 5.97 Å². The van der Waals surface area contributed by atoms with Crippen LogP contribution in [-0.2, 0) is 16.0 Å². The number of aromatic nitrogens is 2. The van der Waals surface area contributed by atoms with Gasteiger partial charge in [-0.25, -0.2) is 9.48 Å². The number of benzene rings is 2. The highest BCUT2D eigenvalue weighted by atomic mass is 16.5. The van der Waals surface area contributed by atoms with Gasteiger partial charge in [-0.2, -0.15) is 5.10 Å². The predicted octanol–water partition coefficient (Wildman–Crippen LogP) is 3.41. The van der Waals surface area contributed by atoms with E-state index in [4.69, 9.17) is 9.47 Å². The van der Waals surface area contributed by atoms with Gasteiger partial charge in [-0.05, 0) is 44.0 Å². The molecule has 1 amide bonds. The van der Waals surface area contributed by atoms with E-state index in [0.29, 0.717) is 0 Å². The van der Waals surface area contributed by atoms with E-state index in [9.17, 15) is 9.59 Å². The molecule has 0 N–H and O–H groups in total. The summed E-state index contributed by atoms with van der Waals surface area (Å²) in [6.07, 6.45) is 2.40. The molecule has 30 heavy (non-hydrogen) atoms. The lowest BCUT2D eigenvalue weighted by atomic mass is 10.1. The summed E-state index contributed by atoms with van der Waals surface area (Å²) in [5.74, 6) is -0.546. The first-order valence-corrected chi connectivity index (χ1v) is 9.93. The zero-order valence-electron chi connectivity index (χ0n) is 16.9. The van der Waals surface area contributed by atoms with Gasteiger partial charge in [-0.15, -0.1) is 0 Å². The molecule has 0 fully saturated rings. The normalized spacial score (nSPS) is 15.0. The van der Waals surface area contributed by atoms with Crippen LogP contribution in [0, 0.1) is 0 Å². The van der Waals surface area contributed by atoms with Crippen LogP contribution in [0.25, 0.3) is 5.69 Å². The zero-order chi connectivity index (χ0) is 21.1. The summed E-state index contributed by atoms with van der Waals surface area (Å²) in [5, 5.41) is 4.32. The van der Waals surface area contributed by atoms with Gasteiger partial charge >= 0.3 is 5.97 Å². The van der Waals surface area contributed by atoms with Crippen molar-refractivity contribution in [2.75, 3.05) is 18.1 Å². The fraction of sp³-hybridized carbons (Fsp3) is 0.261. The Hall–Kier alpha value is -3.61. The van der Waals surface area contributed by atoms with E-state index in [-0.39, 0.29) is 36.6 Å². The molecule has 1 aliphatic rings. The number of ether oxygens (including phenoxy) is 2. The number of rotatable bonds is 6. The first-order chi connectivity index (χ1) is 14.6. The highest BCUT2D eigenvalue weighted by Crippen LogP contribution is 2.32. The molecule has 1 atom stereocenters.